The van der Waals surface area contributed by atoms with E-state index in [4.69, 9.17) is 5.73 Å². The predicted octanol–water partition coefficient (Wildman–Crippen LogP) is 1.46. The van der Waals surface area contributed by atoms with Crippen LogP contribution in [0.5, 0.6) is 0 Å². The fourth-order valence-corrected chi connectivity index (χ4v) is 1.06. The Hall–Kier alpha value is -0.570. The minimum absolute atomic E-state index is 0.300. The minimum atomic E-state index is -0.424. The van der Waals surface area contributed by atoms with Crippen molar-refractivity contribution in [3.8, 4) is 0 Å². The van der Waals surface area contributed by atoms with Crippen LogP contribution < -0.4 is 5.73 Å². The number of methoxy groups -OCH3 is 1. The van der Waals surface area contributed by atoms with Crippen molar-refractivity contribution < 1.29 is 9.53 Å². The number of carbonyl (C=O) groups excluding carboxylic acids is 1. The zero-order valence-corrected chi connectivity index (χ0v) is 8.01. The quantitative estimate of drug-likeness (QED) is 0.488. The van der Waals surface area contributed by atoms with E-state index in [1.54, 1.807) is 0 Å². The van der Waals surface area contributed by atoms with E-state index >= 15 is 0 Å². The third-order valence-corrected chi connectivity index (χ3v) is 1.87. The first-order valence-corrected chi connectivity index (χ1v) is 4.55. The molecule has 0 saturated carbocycles. The predicted molar refractivity (Wildman–Crippen MR) is 48.8 cm³/mol. The third kappa shape index (κ3) is 5.13. The Morgan fingerprint density at radius 2 is 2.08 bits per heavy atom. The lowest BCUT2D eigenvalue weighted by Gasteiger charge is -2.07. The fourth-order valence-electron chi connectivity index (χ4n) is 1.06. The zero-order valence-electron chi connectivity index (χ0n) is 8.01. The Morgan fingerprint density at radius 1 is 1.42 bits per heavy atom. The van der Waals surface area contributed by atoms with Gasteiger partial charge in [0, 0.05) is 0 Å². The Balaban J connectivity index is 3.31. The van der Waals surface area contributed by atoms with Crippen molar-refractivity contribution in [2.75, 3.05) is 7.11 Å². The highest BCUT2D eigenvalue weighted by atomic mass is 16.5. The normalized spacial score (nSPS) is 12.6. The Bertz CT molecular complexity index is 126. The molecule has 0 aliphatic rings. The topological polar surface area (TPSA) is 52.3 Å². The largest absolute Gasteiger partial charge is 0.468 e. The van der Waals surface area contributed by atoms with E-state index in [1.165, 1.54) is 20.0 Å². The van der Waals surface area contributed by atoms with Crippen LogP contribution >= 0.6 is 0 Å². The molecule has 1 atom stereocenters. The number of ether oxygens (including phenoxy) is 1. The van der Waals surface area contributed by atoms with Gasteiger partial charge in [-0.15, -0.1) is 0 Å². The first-order valence-electron chi connectivity index (χ1n) is 4.55. The molecule has 1 unspecified atom stereocenters. The molecule has 0 aliphatic carbocycles. The summed E-state index contributed by atoms with van der Waals surface area (Å²) in [4.78, 5) is 10.8. The maximum absolute atomic E-state index is 10.8. The average molecular weight is 173 g/mol. The summed E-state index contributed by atoms with van der Waals surface area (Å²) in [6, 6.07) is -0.424. The summed E-state index contributed by atoms with van der Waals surface area (Å²) < 4.78 is 4.51. The van der Waals surface area contributed by atoms with Crippen LogP contribution in [-0.4, -0.2) is 19.1 Å². The van der Waals surface area contributed by atoms with Crippen molar-refractivity contribution in [3.05, 3.63) is 0 Å². The first-order chi connectivity index (χ1) is 5.72. The molecule has 0 heterocycles. The van der Waals surface area contributed by atoms with E-state index in [-0.39, 0.29) is 5.97 Å². The molecule has 0 aliphatic heterocycles. The van der Waals surface area contributed by atoms with E-state index < -0.39 is 6.04 Å². The highest BCUT2D eigenvalue weighted by Crippen LogP contribution is 2.04. The SMILES string of the molecule is CCCCCCC(N)C(=O)OC. The second-order valence-corrected chi connectivity index (χ2v) is 2.98. The van der Waals surface area contributed by atoms with Gasteiger partial charge in [0.1, 0.15) is 6.04 Å². The van der Waals surface area contributed by atoms with E-state index in [0.29, 0.717) is 0 Å². The van der Waals surface area contributed by atoms with Gasteiger partial charge in [0.25, 0.3) is 0 Å². The Labute approximate surface area is 74.3 Å². The van der Waals surface area contributed by atoms with Crippen LogP contribution in [0.25, 0.3) is 0 Å². The number of esters is 1. The molecule has 0 bridgehead atoms. The van der Waals surface area contributed by atoms with Crippen molar-refractivity contribution in [1.29, 1.82) is 0 Å². The van der Waals surface area contributed by atoms with Crippen LogP contribution in [-0.2, 0) is 9.53 Å². The fraction of sp³-hybridized carbons (Fsp3) is 0.889. The van der Waals surface area contributed by atoms with Crippen molar-refractivity contribution >= 4 is 5.97 Å². The number of carbonyl (C=O) groups is 1. The number of rotatable bonds is 6. The second-order valence-electron chi connectivity index (χ2n) is 2.98. The Morgan fingerprint density at radius 3 is 2.58 bits per heavy atom. The summed E-state index contributed by atoms with van der Waals surface area (Å²) >= 11 is 0. The molecule has 0 fully saturated rings. The van der Waals surface area contributed by atoms with Gasteiger partial charge in [-0.2, -0.15) is 0 Å². The van der Waals surface area contributed by atoms with Gasteiger partial charge in [0.2, 0.25) is 0 Å². The molecule has 72 valence electrons. The maximum Gasteiger partial charge on any atom is 0.322 e. The van der Waals surface area contributed by atoms with Crippen LogP contribution in [0.3, 0.4) is 0 Å². The first kappa shape index (κ1) is 11.4. The molecule has 0 saturated heterocycles. The lowest BCUT2D eigenvalue weighted by Crippen LogP contribution is -2.31. The van der Waals surface area contributed by atoms with Gasteiger partial charge < -0.3 is 10.5 Å². The lowest BCUT2D eigenvalue weighted by atomic mass is 10.1. The van der Waals surface area contributed by atoms with E-state index in [9.17, 15) is 4.79 Å². The van der Waals surface area contributed by atoms with Crippen LogP contribution in [0.4, 0.5) is 0 Å². The highest BCUT2D eigenvalue weighted by molar-refractivity contribution is 5.75. The molecule has 0 aromatic heterocycles. The van der Waals surface area contributed by atoms with Gasteiger partial charge in [0.05, 0.1) is 7.11 Å². The minimum Gasteiger partial charge on any atom is -0.468 e. The van der Waals surface area contributed by atoms with Gasteiger partial charge in [-0.05, 0) is 6.42 Å². The van der Waals surface area contributed by atoms with Gasteiger partial charge in [-0.1, -0.05) is 32.6 Å². The summed E-state index contributed by atoms with van der Waals surface area (Å²) in [5, 5.41) is 0. The molecule has 0 aromatic carbocycles. The molecule has 0 amide bonds. The number of hydrogen-bond donors (Lipinski definition) is 1. The summed E-state index contributed by atoms with van der Waals surface area (Å²) in [5.74, 6) is -0.300. The average Bonchev–Trinajstić information content (AvgIpc) is 2.10. The Kier molecular flexibility index (Phi) is 6.76. The molecule has 0 rings (SSSR count). The molecule has 0 radical (unpaired) electrons. The molecule has 3 heteroatoms. The summed E-state index contributed by atoms with van der Waals surface area (Å²) in [6.45, 7) is 2.15. The van der Waals surface area contributed by atoms with Crippen molar-refractivity contribution in [2.45, 2.75) is 45.1 Å². The molecule has 0 spiro atoms. The van der Waals surface area contributed by atoms with Gasteiger partial charge in [0.15, 0.2) is 0 Å². The standard InChI is InChI=1S/C9H19NO2/c1-3-4-5-6-7-8(10)9(11)12-2/h8H,3-7,10H2,1-2H3. The van der Waals surface area contributed by atoms with Crippen LogP contribution in [0.2, 0.25) is 0 Å². The number of nitrogens with two attached hydrogens (primary N) is 1. The zero-order chi connectivity index (χ0) is 9.40. The van der Waals surface area contributed by atoms with Crippen molar-refractivity contribution in [1.82, 2.24) is 0 Å². The van der Waals surface area contributed by atoms with Crippen molar-refractivity contribution in [2.24, 2.45) is 5.73 Å². The number of hydrogen-bond acceptors (Lipinski definition) is 3. The van der Waals surface area contributed by atoms with Gasteiger partial charge in [-0.25, -0.2) is 0 Å². The van der Waals surface area contributed by atoms with Crippen LogP contribution in [0.15, 0.2) is 0 Å². The van der Waals surface area contributed by atoms with E-state index in [2.05, 4.69) is 11.7 Å². The van der Waals surface area contributed by atoms with E-state index in [1.807, 2.05) is 0 Å². The molecule has 3 nitrogen and oxygen atoms in total. The van der Waals surface area contributed by atoms with Crippen molar-refractivity contribution in [3.63, 3.8) is 0 Å². The molecule has 12 heavy (non-hydrogen) atoms. The summed E-state index contributed by atoms with van der Waals surface area (Å²) in [6.07, 6.45) is 5.33. The smallest absolute Gasteiger partial charge is 0.322 e. The van der Waals surface area contributed by atoms with Crippen LogP contribution in [0, 0.1) is 0 Å². The summed E-state index contributed by atoms with van der Waals surface area (Å²) in [7, 11) is 1.37. The van der Waals surface area contributed by atoms with E-state index in [0.717, 1.165) is 19.3 Å². The molecular formula is C9H19NO2. The van der Waals surface area contributed by atoms with Gasteiger partial charge >= 0.3 is 5.97 Å². The molecule has 0 aromatic rings. The third-order valence-electron chi connectivity index (χ3n) is 1.87. The second kappa shape index (κ2) is 7.10. The molecular weight excluding hydrogens is 154 g/mol. The highest BCUT2D eigenvalue weighted by Gasteiger charge is 2.11. The maximum atomic E-state index is 10.8. The van der Waals surface area contributed by atoms with Crippen LogP contribution in [0.1, 0.15) is 39.0 Å². The van der Waals surface area contributed by atoms with Gasteiger partial charge in [-0.3, -0.25) is 4.79 Å². The summed E-state index contributed by atoms with van der Waals surface area (Å²) in [5.41, 5.74) is 5.54. The monoisotopic (exact) mass is 173 g/mol. The molecule has 2 N–H and O–H groups in total. The number of unbranched alkanes of at least 4 members (excludes halogenated alkanes) is 3. The lowest BCUT2D eigenvalue weighted by molar-refractivity contribution is -0.142.